The van der Waals surface area contributed by atoms with Gasteiger partial charge in [0, 0.05) is 40.5 Å². The Morgan fingerprint density at radius 1 is 1.15 bits per heavy atom. The van der Waals surface area contributed by atoms with E-state index in [2.05, 4.69) is 23.5 Å². The first-order valence-corrected chi connectivity index (χ1v) is 14.3. The summed E-state index contributed by atoms with van der Waals surface area (Å²) < 4.78 is 12.0. The molecule has 8 heteroatoms. The van der Waals surface area contributed by atoms with Gasteiger partial charge in [-0.3, -0.25) is 4.79 Å². The van der Waals surface area contributed by atoms with Crippen LogP contribution >= 0.6 is 0 Å². The molecule has 8 nitrogen and oxygen atoms in total. The fourth-order valence-electron chi connectivity index (χ4n) is 5.67. The molecule has 1 fully saturated rings. The van der Waals surface area contributed by atoms with Crippen LogP contribution in [0.3, 0.4) is 0 Å². The number of pyridine rings is 1. The van der Waals surface area contributed by atoms with Crippen molar-refractivity contribution < 1.29 is 24.2 Å². The number of carboxylic acid groups (broad SMARTS) is 1. The first-order chi connectivity index (χ1) is 19.5. The second kappa shape index (κ2) is 14.2. The average molecular weight is 564 g/mol. The van der Waals surface area contributed by atoms with Crippen molar-refractivity contribution in [1.29, 1.82) is 0 Å². The molecule has 0 unspecified atom stereocenters. The SMILES string of the molecule is C=CCCc1cc(C)nc(OC)c1CNC(=O)c1cccc(O[C@H]2CC[C@H](N(C(=O)O)C(C)(C)C)CC2)c1CC=C. The number of nitrogens with zero attached hydrogens (tertiary/aromatic N) is 2. The number of aryl methyl sites for hydroxylation is 2. The largest absolute Gasteiger partial charge is 0.490 e. The minimum Gasteiger partial charge on any atom is -0.490 e. The lowest BCUT2D eigenvalue weighted by molar-refractivity contribution is 0.0366. The summed E-state index contributed by atoms with van der Waals surface area (Å²) in [6.07, 6.45) is 7.69. The summed E-state index contributed by atoms with van der Waals surface area (Å²) in [6.45, 7) is 15.7. The van der Waals surface area contributed by atoms with Crippen molar-refractivity contribution in [2.24, 2.45) is 0 Å². The number of nitrogens with one attached hydrogen (secondary N) is 1. The second-order valence-electron chi connectivity index (χ2n) is 11.6. The van der Waals surface area contributed by atoms with Gasteiger partial charge in [-0.1, -0.05) is 18.2 Å². The molecule has 0 spiro atoms. The summed E-state index contributed by atoms with van der Waals surface area (Å²) in [5.41, 5.74) is 3.64. The third kappa shape index (κ3) is 8.12. The zero-order valence-corrected chi connectivity index (χ0v) is 25.2. The van der Waals surface area contributed by atoms with Crippen LogP contribution in [0.1, 0.15) is 85.6 Å². The van der Waals surface area contributed by atoms with Crippen LogP contribution in [0.15, 0.2) is 49.6 Å². The normalized spacial score (nSPS) is 16.9. The van der Waals surface area contributed by atoms with Crippen LogP contribution in [-0.4, -0.2) is 51.8 Å². The van der Waals surface area contributed by atoms with Gasteiger partial charge in [0.2, 0.25) is 5.88 Å². The second-order valence-corrected chi connectivity index (χ2v) is 11.6. The van der Waals surface area contributed by atoms with Crippen LogP contribution < -0.4 is 14.8 Å². The summed E-state index contributed by atoms with van der Waals surface area (Å²) in [7, 11) is 1.59. The van der Waals surface area contributed by atoms with E-state index in [0.717, 1.165) is 60.9 Å². The Kier molecular flexibility index (Phi) is 11.0. The van der Waals surface area contributed by atoms with E-state index in [9.17, 15) is 14.7 Å². The molecule has 1 aromatic heterocycles. The summed E-state index contributed by atoms with van der Waals surface area (Å²) in [5, 5.41) is 12.8. The molecule has 0 aliphatic heterocycles. The molecule has 2 amide bonds. The molecule has 1 aliphatic carbocycles. The van der Waals surface area contributed by atoms with Crippen molar-refractivity contribution >= 4 is 12.0 Å². The molecule has 1 heterocycles. The number of allylic oxidation sites excluding steroid dienone is 2. The number of methoxy groups -OCH3 is 1. The number of ether oxygens (including phenoxy) is 2. The van der Waals surface area contributed by atoms with E-state index < -0.39 is 11.6 Å². The Morgan fingerprint density at radius 3 is 2.44 bits per heavy atom. The number of rotatable bonds is 12. The van der Waals surface area contributed by atoms with Gasteiger partial charge in [0.05, 0.1) is 13.2 Å². The Balaban J connectivity index is 1.76. The number of amides is 2. The molecule has 1 aliphatic rings. The van der Waals surface area contributed by atoms with E-state index in [4.69, 9.17) is 9.47 Å². The van der Waals surface area contributed by atoms with Crippen LogP contribution in [0.25, 0.3) is 0 Å². The van der Waals surface area contributed by atoms with E-state index in [1.807, 2.05) is 52.0 Å². The molecular formula is C33H45N3O5. The zero-order valence-electron chi connectivity index (χ0n) is 25.2. The highest BCUT2D eigenvalue weighted by molar-refractivity contribution is 5.96. The van der Waals surface area contributed by atoms with E-state index >= 15 is 0 Å². The molecule has 0 bridgehead atoms. The van der Waals surface area contributed by atoms with Gasteiger partial charge in [-0.15, -0.1) is 13.2 Å². The predicted molar refractivity (Wildman–Crippen MR) is 162 cm³/mol. The fraction of sp³-hybridized carbons (Fsp3) is 0.485. The quantitative estimate of drug-likeness (QED) is 0.281. The molecule has 0 radical (unpaired) electrons. The molecule has 3 rings (SSSR count). The van der Waals surface area contributed by atoms with Crippen LogP contribution in [0.2, 0.25) is 0 Å². The molecule has 222 valence electrons. The lowest BCUT2D eigenvalue weighted by atomic mass is 9.89. The Hall–Kier alpha value is -3.81. The first-order valence-electron chi connectivity index (χ1n) is 14.3. The summed E-state index contributed by atoms with van der Waals surface area (Å²) >= 11 is 0. The predicted octanol–water partition coefficient (Wildman–Crippen LogP) is 6.64. The van der Waals surface area contributed by atoms with Crippen molar-refractivity contribution in [2.75, 3.05) is 7.11 Å². The van der Waals surface area contributed by atoms with E-state index in [0.29, 0.717) is 23.6 Å². The molecule has 1 aromatic carbocycles. The Morgan fingerprint density at radius 2 is 1.85 bits per heavy atom. The number of carbonyl (C=O) groups excluding carboxylic acids is 1. The molecule has 1 saturated carbocycles. The summed E-state index contributed by atoms with van der Waals surface area (Å²) in [6, 6.07) is 7.51. The average Bonchev–Trinajstić information content (AvgIpc) is 2.91. The molecular weight excluding hydrogens is 518 g/mol. The van der Waals surface area contributed by atoms with E-state index in [1.54, 1.807) is 24.2 Å². The first kappa shape index (κ1) is 31.7. The lowest BCUT2D eigenvalue weighted by Gasteiger charge is -2.42. The van der Waals surface area contributed by atoms with Gasteiger partial charge in [0.15, 0.2) is 0 Å². The third-order valence-corrected chi connectivity index (χ3v) is 7.50. The van der Waals surface area contributed by atoms with Gasteiger partial charge < -0.3 is 24.8 Å². The smallest absolute Gasteiger partial charge is 0.407 e. The minimum atomic E-state index is -0.888. The van der Waals surface area contributed by atoms with Gasteiger partial charge >= 0.3 is 6.09 Å². The summed E-state index contributed by atoms with van der Waals surface area (Å²) in [5.74, 6) is 0.958. The number of aromatic nitrogens is 1. The number of carbonyl (C=O) groups is 2. The molecule has 0 atom stereocenters. The van der Waals surface area contributed by atoms with E-state index in [-0.39, 0.29) is 24.6 Å². The fourth-order valence-corrected chi connectivity index (χ4v) is 5.67. The van der Waals surface area contributed by atoms with Gasteiger partial charge in [-0.05, 0) is 96.4 Å². The maximum Gasteiger partial charge on any atom is 0.407 e. The molecule has 41 heavy (non-hydrogen) atoms. The van der Waals surface area contributed by atoms with Crippen molar-refractivity contribution in [3.8, 4) is 11.6 Å². The van der Waals surface area contributed by atoms with Crippen molar-refractivity contribution in [3.05, 3.63) is 77.5 Å². The van der Waals surface area contributed by atoms with E-state index in [1.165, 1.54) is 0 Å². The molecule has 0 saturated heterocycles. The zero-order chi connectivity index (χ0) is 30.2. The number of hydrogen-bond donors (Lipinski definition) is 2. The number of hydrogen-bond acceptors (Lipinski definition) is 5. The van der Waals surface area contributed by atoms with Gasteiger partial charge in [-0.2, -0.15) is 0 Å². The maximum atomic E-state index is 13.5. The van der Waals surface area contributed by atoms with Gasteiger partial charge in [0.1, 0.15) is 5.75 Å². The van der Waals surface area contributed by atoms with Crippen LogP contribution in [0, 0.1) is 6.92 Å². The number of benzene rings is 1. The van der Waals surface area contributed by atoms with Crippen molar-refractivity contribution in [3.63, 3.8) is 0 Å². The van der Waals surface area contributed by atoms with Crippen LogP contribution in [0.4, 0.5) is 4.79 Å². The lowest BCUT2D eigenvalue weighted by Crippen LogP contribution is -2.52. The Labute approximate surface area is 244 Å². The van der Waals surface area contributed by atoms with Crippen molar-refractivity contribution in [1.82, 2.24) is 15.2 Å². The van der Waals surface area contributed by atoms with Gasteiger partial charge in [0.25, 0.3) is 5.91 Å². The van der Waals surface area contributed by atoms with Gasteiger partial charge in [-0.25, -0.2) is 9.78 Å². The highest BCUT2D eigenvalue weighted by Gasteiger charge is 2.36. The Bertz CT molecular complexity index is 1240. The minimum absolute atomic E-state index is 0.0401. The van der Waals surface area contributed by atoms with Crippen molar-refractivity contribution in [2.45, 2.75) is 96.9 Å². The topological polar surface area (TPSA) is 101 Å². The molecule has 2 aromatic rings. The van der Waals surface area contributed by atoms with Crippen LogP contribution in [-0.2, 0) is 19.4 Å². The highest BCUT2D eigenvalue weighted by atomic mass is 16.5. The van der Waals surface area contributed by atoms with Crippen LogP contribution in [0.5, 0.6) is 11.6 Å². The maximum absolute atomic E-state index is 13.5. The summed E-state index contributed by atoms with van der Waals surface area (Å²) in [4.78, 5) is 31.5. The standard InChI is InChI=1S/C33H45N3O5/c1-8-10-13-23-20-22(3)35-31(40-7)28(23)21-34-30(37)27-14-11-15-29(26(27)12-9-2)41-25-18-16-24(17-19-25)36(32(38)39)33(4,5)6/h8-9,11,14-15,20,24-25H,1-2,10,12-13,16-19,21H2,3-7H3,(H,34,37)(H,38,39)/t24-,25-. The monoisotopic (exact) mass is 563 g/mol. The third-order valence-electron chi connectivity index (χ3n) is 7.50. The highest BCUT2D eigenvalue weighted by Crippen LogP contribution is 2.33. The molecule has 2 N–H and O–H groups in total.